The highest BCUT2D eigenvalue weighted by atomic mass is 16.3. The molecule has 1 unspecified atom stereocenters. The minimum atomic E-state index is -0.223. The second-order valence-electron chi connectivity index (χ2n) is 5.67. The van der Waals surface area contributed by atoms with Gasteiger partial charge >= 0.3 is 0 Å². The number of piperidine rings is 1. The predicted octanol–water partition coefficient (Wildman–Crippen LogP) is 3.77. The lowest BCUT2D eigenvalue weighted by molar-refractivity contribution is 0.0996. The first-order valence-corrected chi connectivity index (χ1v) is 7.42. The van der Waals surface area contributed by atoms with Crippen molar-refractivity contribution in [1.82, 2.24) is 0 Å². The standard InChI is InChI=1S/C17H20N2O2/c1-13-4-2-10-19(12-13)15-8-6-14(7-9-15)18-17(20)16-5-3-11-21-16/h3,5-9,11,13H,2,4,10,12H2,1H3,(H,18,20). The van der Waals surface area contributed by atoms with E-state index in [0.29, 0.717) is 5.76 Å². The Morgan fingerprint density at radius 3 is 2.76 bits per heavy atom. The van der Waals surface area contributed by atoms with Crippen LogP contribution < -0.4 is 10.2 Å². The van der Waals surface area contributed by atoms with Crippen molar-refractivity contribution in [2.45, 2.75) is 19.8 Å². The molecule has 0 bridgehead atoms. The van der Waals surface area contributed by atoms with Crippen LogP contribution >= 0.6 is 0 Å². The van der Waals surface area contributed by atoms with Crippen molar-refractivity contribution in [3.05, 3.63) is 48.4 Å². The van der Waals surface area contributed by atoms with Crippen LogP contribution in [0.4, 0.5) is 11.4 Å². The number of hydrogen-bond donors (Lipinski definition) is 1. The molecule has 1 aliphatic rings. The van der Waals surface area contributed by atoms with E-state index in [2.05, 4.69) is 29.3 Å². The minimum absolute atomic E-state index is 0.223. The first-order chi connectivity index (χ1) is 10.2. The van der Waals surface area contributed by atoms with E-state index < -0.39 is 0 Å². The summed E-state index contributed by atoms with van der Waals surface area (Å²) in [7, 11) is 0. The zero-order valence-electron chi connectivity index (χ0n) is 12.2. The Morgan fingerprint density at radius 2 is 2.10 bits per heavy atom. The maximum atomic E-state index is 11.9. The number of rotatable bonds is 3. The molecule has 1 aromatic carbocycles. The molecule has 1 amide bonds. The molecule has 0 radical (unpaired) electrons. The van der Waals surface area contributed by atoms with E-state index in [1.165, 1.54) is 24.8 Å². The van der Waals surface area contributed by atoms with Crippen molar-refractivity contribution < 1.29 is 9.21 Å². The van der Waals surface area contributed by atoms with Gasteiger partial charge in [0.15, 0.2) is 5.76 Å². The van der Waals surface area contributed by atoms with Gasteiger partial charge < -0.3 is 14.6 Å². The molecule has 1 fully saturated rings. The summed E-state index contributed by atoms with van der Waals surface area (Å²) in [4.78, 5) is 14.3. The number of hydrogen-bond acceptors (Lipinski definition) is 3. The van der Waals surface area contributed by atoms with Gasteiger partial charge in [0.25, 0.3) is 5.91 Å². The van der Waals surface area contributed by atoms with Crippen molar-refractivity contribution in [2.75, 3.05) is 23.3 Å². The molecule has 0 aliphatic carbocycles. The Morgan fingerprint density at radius 1 is 1.29 bits per heavy atom. The summed E-state index contributed by atoms with van der Waals surface area (Å²) in [5, 5.41) is 2.83. The third-order valence-electron chi connectivity index (χ3n) is 3.89. The van der Waals surface area contributed by atoms with Gasteiger partial charge in [-0.15, -0.1) is 0 Å². The smallest absolute Gasteiger partial charge is 0.291 e. The van der Waals surface area contributed by atoms with Crippen molar-refractivity contribution in [3.8, 4) is 0 Å². The molecule has 1 aliphatic heterocycles. The Bertz CT molecular complexity index is 590. The van der Waals surface area contributed by atoms with Gasteiger partial charge in [0.2, 0.25) is 0 Å². The average Bonchev–Trinajstić information content (AvgIpc) is 3.02. The summed E-state index contributed by atoms with van der Waals surface area (Å²) in [6.45, 7) is 4.52. The first-order valence-electron chi connectivity index (χ1n) is 7.42. The maximum Gasteiger partial charge on any atom is 0.291 e. The fourth-order valence-electron chi connectivity index (χ4n) is 2.78. The topological polar surface area (TPSA) is 45.5 Å². The number of nitrogens with zero attached hydrogens (tertiary/aromatic N) is 1. The van der Waals surface area contributed by atoms with Gasteiger partial charge in [-0.2, -0.15) is 0 Å². The number of amides is 1. The molecule has 1 atom stereocenters. The summed E-state index contributed by atoms with van der Waals surface area (Å²) < 4.78 is 5.08. The molecular weight excluding hydrogens is 264 g/mol. The summed E-state index contributed by atoms with van der Waals surface area (Å²) in [6, 6.07) is 11.4. The van der Waals surface area contributed by atoms with Gasteiger partial charge in [-0.05, 0) is 55.2 Å². The molecule has 110 valence electrons. The molecule has 1 N–H and O–H groups in total. The average molecular weight is 284 g/mol. The van der Waals surface area contributed by atoms with Crippen LogP contribution in [0.15, 0.2) is 47.1 Å². The van der Waals surface area contributed by atoms with E-state index in [-0.39, 0.29) is 5.91 Å². The Labute approximate surface area is 124 Å². The Balaban J connectivity index is 1.65. The summed E-state index contributed by atoms with van der Waals surface area (Å²) in [5.74, 6) is 0.848. The third-order valence-corrected chi connectivity index (χ3v) is 3.89. The van der Waals surface area contributed by atoms with E-state index in [9.17, 15) is 4.79 Å². The summed E-state index contributed by atoms with van der Waals surface area (Å²) in [5.41, 5.74) is 2.00. The molecule has 21 heavy (non-hydrogen) atoms. The van der Waals surface area contributed by atoms with Gasteiger partial charge in [0.1, 0.15) is 0 Å². The molecule has 0 saturated carbocycles. The molecule has 0 spiro atoms. The highest BCUT2D eigenvalue weighted by Crippen LogP contribution is 2.24. The molecule has 4 heteroatoms. The van der Waals surface area contributed by atoms with E-state index in [1.807, 2.05) is 12.1 Å². The SMILES string of the molecule is CC1CCCN(c2ccc(NC(=O)c3ccco3)cc2)C1. The van der Waals surface area contributed by atoms with Crippen molar-refractivity contribution in [2.24, 2.45) is 5.92 Å². The number of carbonyl (C=O) groups excluding carboxylic acids is 1. The van der Waals surface area contributed by atoms with Gasteiger partial charge in [-0.25, -0.2) is 0 Å². The highest BCUT2D eigenvalue weighted by Gasteiger charge is 2.16. The van der Waals surface area contributed by atoms with Gasteiger partial charge in [0.05, 0.1) is 6.26 Å². The van der Waals surface area contributed by atoms with Crippen LogP contribution in [0.25, 0.3) is 0 Å². The van der Waals surface area contributed by atoms with Gasteiger partial charge in [-0.1, -0.05) is 6.92 Å². The first kappa shape index (κ1) is 13.7. The molecule has 2 aromatic rings. The zero-order chi connectivity index (χ0) is 14.7. The summed E-state index contributed by atoms with van der Waals surface area (Å²) >= 11 is 0. The van der Waals surface area contributed by atoms with Crippen LogP contribution in [0.5, 0.6) is 0 Å². The van der Waals surface area contributed by atoms with Gasteiger partial charge in [0, 0.05) is 24.5 Å². The van der Waals surface area contributed by atoms with E-state index in [1.54, 1.807) is 12.1 Å². The van der Waals surface area contributed by atoms with Crippen LogP contribution in [0.2, 0.25) is 0 Å². The van der Waals surface area contributed by atoms with Crippen LogP contribution in [-0.2, 0) is 0 Å². The highest BCUT2D eigenvalue weighted by molar-refractivity contribution is 6.02. The lowest BCUT2D eigenvalue weighted by atomic mass is 10.00. The zero-order valence-corrected chi connectivity index (χ0v) is 12.2. The molecule has 1 saturated heterocycles. The molecule has 2 heterocycles. The molecule has 4 nitrogen and oxygen atoms in total. The maximum absolute atomic E-state index is 11.9. The monoisotopic (exact) mass is 284 g/mol. The number of furan rings is 1. The fourth-order valence-corrected chi connectivity index (χ4v) is 2.78. The number of carbonyl (C=O) groups is 1. The second kappa shape index (κ2) is 6.04. The molecular formula is C17H20N2O2. The second-order valence-corrected chi connectivity index (χ2v) is 5.67. The normalized spacial score (nSPS) is 18.5. The van der Waals surface area contributed by atoms with E-state index >= 15 is 0 Å². The van der Waals surface area contributed by atoms with E-state index in [4.69, 9.17) is 4.42 Å². The molecule has 1 aromatic heterocycles. The van der Waals surface area contributed by atoms with Crippen molar-refractivity contribution in [3.63, 3.8) is 0 Å². The van der Waals surface area contributed by atoms with E-state index in [0.717, 1.165) is 24.7 Å². The lowest BCUT2D eigenvalue weighted by Crippen LogP contribution is -2.34. The fraction of sp³-hybridized carbons (Fsp3) is 0.353. The Kier molecular flexibility index (Phi) is 3.95. The number of benzene rings is 1. The van der Waals surface area contributed by atoms with Crippen LogP contribution in [-0.4, -0.2) is 19.0 Å². The van der Waals surface area contributed by atoms with Gasteiger partial charge in [-0.3, -0.25) is 4.79 Å². The van der Waals surface area contributed by atoms with Crippen molar-refractivity contribution in [1.29, 1.82) is 0 Å². The third kappa shape index (κ3) is 3.27. The van der Waals surface area contributed by atoms with Crippen LogP contribution in [0.1, 0.15) is 30.3 Å². The molecule has 3 rings (SSSR count). The number of nitrogens with one attached hydrogen (secondary N) is 1. The van der Waals surface area contributed by atoms with Crippen LogP contribution in [0.3, 0.4) is 0 Å². The Hall–Kier alpha value is -2.23. The van der Waals surface area contributed by atoms with Crippen molar-refractivity contribution >= 4 is 17.3 Å². The lowest BCUT2D eigenvalue weighted by Gasteiger charge is -2.32. The quantitative estimate of drug-likeness (QED) is 0.933. The largest absolute Gasteiger partial charge is 0.459 e. The van der Waals surface area contributed by atoms with Crippen LogP contribution in [0, 0.1) is 5.92 Å². The predicted molar refractivity (Wildman–Crippen MR) is 83.7 cm³/mol. The minimum Gasteiger partial charge on any atom is -0.459 e. The summed E-state index contributed by atoms with van der Waals surface area (Å²) in [6.07, 6.45) is 4.06. The number of anilines is 2.